The molecule has 2 N–H and O–H groups in total. The van der Waals surface area contributed by atoms with E-state index in [2.05, 4.69) is 0 Å². The van der Waals surface area contributed by atoms with Crippen LogP contribution in [0.3, 0.4) is 0 Å². The van der Waals surface area contributed by atoms with E-state index >= 15 is 0 Å². The van der Waals surface area contributed by atoms with Crippen molar-refractivity contribution in [2.45, 2.75) is 11.8 Å². The summed E-state index contributed by atoms with van der Waals surface area (Å²) in [5.41, 5.74) is 5.08. The number of carbonyl (C=O) groups excluding carboxylic acids is 1. The predicted molar refractivity (Wildman–Crippen MR) is 100 cm³/mol. The van der Waals surface area contributed by atoms with Crippen LogP contribution >= 0.6 is 12.4 Å². The van der Waals surface area contributed by atoms with Crippen LogP contribution in [0, 0.1) is 16.0 Å². The Hall–Kier alpha value is -1.95. The molecule has 0 spiro atoms. The van der Waals surface area contributed by atoms with Crippen molar-refractivity contribution in [2.24, 2.45) is 11.7 Å². The zero-order valence-electron chi connectivity index (χ0n) is 15.0. The highest BCUT2D eigenvalue weighted by molar-refractivity contribution is 7.89. The third-order valence-corrected chi connectivity index (χ3v) is 6.20. The smallest absolute Gasteiger partial charge is 0.312 e. The lowest BCUT2D eigenvalue weighted by Gasteiger charge is -2.35. The van der Waals surface area contributed by atoms with E-state index < -0.39 is 20.6 Å². The Bertz CT molecular complexity index is 795. The molecule has 1 fully saturated rings. The van der Waals surface area contributed by atoms with Crippen molar-refractivity contribution in [3.05, 3.63) is 28.3 Å². The molecule has 1 aromatic carbocycles. The van der Waals surface area contributed by atoms with Crippen molar-refractivity contribution >= 4 is 34.0 Å². The first-order valence-electron chi connectivity index (χ1n) is 8.03. The summed E-state index contributed by atoms with van der Waals surface area (Å²) in [6, 6.07) is 3.52. The lowest BCUT2D eigenvalue weighted by molar-refractivity contribution is -0.386. The average Bonchev–Trinajstić information content (AvgIpc) is 2.66. The summed E-state index contributed by atoms with van der Waals surface area (Å²) in [5, 5.41) is 11.1. The molecule has 152 valence electrons. The van der Waals surface area contributed by atoms with Crippen LogP contribution in [0.1, 0.15) is 6.92 Å². The summed E-state index contributed by atoms with van der Waals surface area (Å²) in [6.45, 7) is 2.69. The molecule has 0 bridgehead atoms. The maximum absolute atomic E-state index is 12.8. The number of piperazine rings is 1. The van der Waals surface area contributed by atoms with E-state index in [1.165, 1.54) is 23.5 Å². The number of benzene rings is 1. The summed E-state index contributed by atoms with van der Waals surface area (Å²) >= 11 is 0. The molecular weight excluding hydrogens is 400 g/mol. The molecule has 10 nitrogen and oxygen atoms in total. The number of halogens is 1. The summed E-state index contributed by atoms with van der Waals surface area (Å²) in [4.78, 5) is 24.0. The number of nitro benzene ring substituents is 1. The minimum absolute atomic E-state index is 0. The molecule has 1 aliphatic rings. The molecule has 1 aromatic rings. The van der Waals surface area contributed by atoms with Crippen molar-refractivity contribution in [1.29, 1.82) is 0 Å². The van der Waals surface area contributed by atoms with E-state index in [-0.39, 0.29) is 67.6 Å². The third-order valence-electron chi connectivity index (χ3n) is 4.31. The second-order valence-electron chi connectivity index (χ2n) is 5.96. The van der Waals surface area contributed by atoms with Gasteiger partial charge in [0.15, 0.2) is 5.75 Å². The molecule has 0 aliphatic carbocycles. The number of sulfonamides is 1. The van der Waals surface area contributed by atoms with Gasteiger partial charge in [0, 0.05) is 44.7 Å². The van der Waals surface area contributed by atoms with Crippen LogP contribution < -0.4 is 10.5 Å². The number of nitro groups is 1. The number of carbonyl (C=O) groups is 1. The van der Waals surface area contributed by atoms with E-state index in [1.54, 1.807) is 11.8 Å². The van der Waals surface area contributed by atoms with Crippen LogP contribution in [0.2, 0.25) is 0 Å². The number of methoxy groups -OCH3 is 1. The molecule has 1 atom stereocenters. The van der Waals surface area contributed by atoms with Gasteiger partial charge < -0.3 is 15.4 Å². The zero-order chi connectivity index (χ0) is 19.5. The Morgan fingerprint density at radius 1 is 1.33 bits per heavy atom. The van der Waals surface area contributed by atoms with E-state index in [1.807, 2.05) is 0 Å². The lowest BCUT2D eigenvalue weighted by Crippen LogP contribution is -2.52. The molecule has 1 heterocycles. The number of hydrogen-bond acceptors (Lipinski definition) is 7. The molecule has 0 radical (unpaired) electrons. The number of ether oxygens (including phenoxy) is 1. The second-order valence-corrected chi connectivity index (χ2v) is 7.89. The molecule has 1 amide bonds. The van der Waals surface area contributed by atoms with E-state index in [9.17, 15) is 23.3 Å². The highest BCUT2D eigenvalue weighted by Gasteiger charge is 2.32. The minimum atomic E-state index is -3.91. The maximum Gasteiger partial charge on any atom is 0.312 e. The second kappa shape index (κ2) is 9.31. The van der Waals surface area contributed by atoms with Gasteiger partial charge in [0.1, 0.15) is 0 Å². The third kappa shape index (κ3) is 4.86. The first-order valence-corrected chi connectivity index (χ1v) is 9.47. The minimum Gasteiger partial charge on any atom is -0.490 e. The van der Waals surface area contributed by atoms with Crippen LogP contribution in [0.25, 0.3) is 0 Å². The highest BCUT2D eigenvalue weighted by Crippen LogP contribution is 2.30. The molecule has 1 unspecified atom stereocenters. The van der Waals surface area contributed by atoms with Crippen LogP contribution in [-0.2, 0) is 14.8 Å². The van der Waals surface area contributed by atoms with Crippen molar-refractivity contribution < 1.29 is 22.9 Å². The standard InChI is InChI=1S/C15H22N4O6S.ClH/c1-11(10-16)15(20)17-5-7-18(8-6-17)26(23,24)12-3-4-14(25-2)13(9-12)19(21)22;/h3-4,9,11H,5-8,10,16H2,1-2H3;1H. The average molecular weight is 423 g/mol. The van der Waals surface area contributed by atoms with Crippen molar-refractivity contribution in [1.82, 2.24) is 9.21 Å². The van der Waals surface area contributed by atoms with E-state index in [0.717, 1.165) is 6.07 Å². The molecule has 2 rings (SSSR count). The Labute approximate surface area is 163 Å². The Kier molecular flexibility index (Phi) is 7.96. The van der Waals surface area contributed by atoms with Gasteiger partial charge in [-0.05, 0) is 12.1 Å². The van der Waals surface area contributed by atoms with Crippen LogP contribution in [0.15, 0.2) is 23.1 Å². The van der Waals surface area contributed by atoms with Gasteiger partial charge in [0.25, 0.3) is 0 Å². The molecule has 0 saturated carbocycles. The van der Waals surface area contributed by atoms with Gasteiger partial charge in [-0.1, -0.05) is 6.92 Å². The summed E-state index contributed by atoms with van der Waals surface area (Å²) < 4.78 is 31.6. The van der Waals surface area contributed by atoms with Crippen molar-refractivity contribution in [3.63, 3.8) is 0 Å². The normalized spacial score (nSPS) is 16.3. The van der Waals surface area contributed by atoms with E-state index in [0.29, 0.717) is 0 Å². The number of amides is 1. The number of nitrogens with two attached hydrogens (primary N) is 1. The van der Waals surface area contributed by atoms with Crippen LogP contribution in [-0.4, -0.2) is 68.3 Å². The zero-order valence-corrected chi connectivity index (χ0v) is 16.7. The number of nitrogens with zero attached hydrogens (tertiary/aromatic N) is 3. The van der Waals surface area contributed by atoms with Gasteiger partial charge in [-0.15, -0.1) is 12.4 Å². The van der Waals surface area contributed by atoms with Gasteiger partial charge >= 0.3 is 5.69 Å². The van der Waals surface area contributed by atoms with Crippen molar-refractivity contribution in [2.75, 3.05) is 39.8 Å². The van der Waals surface area contributed by atoms with Gasteiger partial charge in [0.2, 0.25) is 15.9 Å². The highest BCUT2D eigenvalue weighted by atomic mass is 35.5. The molecule has 12 heteroatoms. The topological polar surface area (TPSA) is 136 Å². The fourth-order valence-electron chi connectivity index (χ4n) is 2.68. The molecule has 1 saturated heterocycles. The van der Waals surface area contributed by atoms with Crippen LogP contribution in [0.5, 0.6) is 5.75 Å². The Morgan fingerprint density at radius 3 is 2.41 bits per heavy atom. The van der Waals surface area contributed by atoms with Gasteiger partial charge in [0.05, 0.1) is 16.9 Å². The summed E-state index contributed by atoms with van der Waals surface area (Å²) in [6.07, 6.45) is 0. The lowest BCUT2D eigenvalue weighted by atomic mass is 10.1. The number of rotatable bonds is 6. The largest absolute Gasteiger partial charge is 0.490 e. The molecule has 27 heavy (non-hydrogen) atoms. The first kappa shape index (κ1) is 23.1. The molecule has 1 aliphatic heterocycles. The van der Waals surface area contributed by atoms with Gasteiger partial charge in [-0.3, -0.25) is 14.9 Å². The molecular formula is C15H23ClN4O6S. The monoisotopic (exact) mass is 422 g/mol. The predicted octanol–water partition coefficient (Wildman–Crippen LogP) is 0.453. The summed E-state index contributed by atoms with van der Waals surface area (Å²) in [7, 11) is -2.63. The quantitative estimate of drug-likeness (QED) is 0.519. The molecule has 0 aromatic heterocycles. The first-order chi connectivity index (χ1) is 12.2. The van der Waals surface area contributed by atoms with Crippen molar-refractivity contribution in [3.8, 4) is 5.75 Å². The van der Waals surface area contributed by atoms with Gasteiger partial charge in [-0.2, -0.15) is 4.31 Å². The summed E-state index contributed by atoms with van der Waals surface area (Å²) in [5.74, 6) is -0.438. The SMILES string of the molecule is COc1ccc(S(=O)(=O)N2CCN(C(=O)C(C)CN)CC2)cc1[N+](=O)[O-].Cl. The fourth-order valence-corrected chi connectivity index (χ4v) is 4.13. The maximum atomic E-state index is 12.8. The Morgan fingerprint density at radius 2 is 1.93 bits per heavy atom. The fraction of sp³-hybridized carbons (Fsp3) is 0.533. The van der Waals surface area contributed by atoms with E-state index in [4.69, 9.17) is 10.5 Å². The van der Waals surface area contributed by atoms with Crippen LogP contribution in [0.4, 0.5) is 5.69 Å². The van der Waals surface area contributed by atoms with Gasteiger partial charge in [-0.25, -0.2) is 8.42 Å². The number of hydrogen-bond donors (Lipinski definition) is 1. The Balaban J connectivity index is 0.00000364.